The Labute approximate surface area is 165 Å². The van der Waals surface area contributed by atoms with E-state index < -0.39 is 6.04 Å². The van der Waals surface area contributed by atoms with Gasteiger partial charge in [-0.05, 0) is 40.5 Å². The molecule has 0 spiro atoms. The van der Waals surface area contributed by atoms with E-state index in [1.807, 2.05) is 30.3 Å². The van der Waals surface area contributed by atoms with Gasteiger partial charge in [0.2, 0.25) is 12.7 Å². The Morgan fingerprint density at radius 1 is 1.04 bits per heavy atom. The molecule has 2 N–H and O–H groups in total. The van der Waals surface area contributed by atoms with Crippen LogP contribution >= 0.6 is 15.9 Å². The smallest absolute Gasteiger partial charge is 0.242 e. The maximum atomic E-state index is 12.5. The van der Waals surface area contributed by atoms with Crippen LogP contribution in [0, 0.1) is 0 Å². The predicted octanol–water partition coefficient (Wildman–Crippen LogP) is 3.07. The quantitative estimate of drug-likeness (QED) is 0.752. The minimum absolute atomic E-state index is 0.116. The van der Waals surface area contributed by atoms with E-state index in [9.17, 15) is 4.79 Å². The van der Waals surface area contributed by atoms with Gasteiger partial charge in [-0.15, -0.1) is 0 Å². The Hall–Kier alpha value is -2.61. The summed E-state index contributed by atoms with van der Waals surface area (Å²) in [6, 6.07) is 8.87. The number of halogens is 1. The van der Waals surface area contributed by atoms with Gasteiger partial charge in [0.1, 0.15) is 19.3 Å². The summed E-state index contributed by atoms with van der Waals surface area (Å²) in [5.74, 6) is 2.67. The van der Waals surface area contributed by atoms with E-state index in [1.165, 1.54) is 0 Å². The van der Waals surface area contributed by atoms with Crippen LogP contribution in [0.15, 0.2) is 34.8 Å². The number of hydrogen-bond donors (Lipinski definition) is 2. The summed E-state index contributed by atoms with van der Waals surface area (Å²) in [6.45, 7) is 3.49. The highest BCUT2D eigenvalue weighted by molar-refractivity contribution is 9.10. The highest BCUT2D eigenvalue weighted by Crippen LogP contribution is 2.38. The molecule has 0 radical (unpaired) electrons. The highest BCUT2D eigenvalue weighted by atomic mass is 79.9. The van der Waals surface area contributed by atoms with Gasteiger partial charge in [-0.2, -0.15) is 0 Å². The van der Waals surface area contributed by atoms with Crippen molar-refractivity contribution in [1.29, 1.82) is 0 Å². The van der Waals surface area contributed by atoms with Crippen molar-refractivity contribution in [1.82, 2.24) is 5.32 Å². The van der Waals surface area contributed by atoms with E-state index in [0.717, 1.165) is 21.5 Å². The Kier molecular flexibility index (Phi) is 4.98. The number of benzene rings is 2. The molecule has 0 bridgehead atoms. The molecule has 142 valence electrons. The topological polar surface area (TPSA) is 78.1 Å². The molecule has 2 aromatic rings. The van der Waals surface area contributed by atoms with Crippen molar-refractivity contribution in [2.24, 2.45) is 0 Å². The number of hydrogen-bond acceptors (Lipinski definition) is 6. The van der Waals surface area contributed by atoms with Crippen molar-refractivity contribution >= 4 is 27.5 Å². The molecule has 2 aliphatic rings. The summed E-state index contributed by atoms with van der Waals surface area (Å²) in [5, 5.41) is 6.12. The number of carbonyl (C=O) groups is 1. The van der Waals surface area contributed by atoms with Crippen LogP contribution in [0.4, 0.5) is 5.69 Å². The van der Waals surface area contributed by atoms with Gasteiger partial charge in [-0.25, -0.2) is 0 Å². The molecule has 0 aromatic heterocycles. The average molecular weight is 435 g/mol. The summed E-state index contributed by atoms with van der Waals surface area (Å²) in [6.07, 6.45) is 0. The third-order valence-corrected chi connectivity index (χ3v) is 4.96. The van der Waals surface area contributed by atoms with E-state index in [0.29, 0.717) is 37.0 Å². The van der Waals surface area contributed by atoms with Crippen molar-refractivity contribution < 1.29 is 23.7 Å². The number of fused-ring (bicyclic) bond motifs is 2. The minimum Gasteiger partial charge on any atom is -0.486 e. The van der Waals surface area contributed by atoms with Gasteiger partial charge in [0.25, 0.3) is 0 Å². The molecule has 2 aromatic carbocycles. The maximum absolute atomic E-state index is 12.5. The lowest BCUT2D eigenvalue weighted by Crippen LogP contribution is -2.37. The number of amides is 1. The summed E-state index contributed by atoms with van der Waals surface area (Å²) in [5.41, 5.74) is 1.71. The lowest BCUT2D eigenvalue weighted by molar-refractivity contribution is -0.121. The van der Waals surface area contributed by atoms with Crippen molar-refractivity contribution in [3.05, 3.63) is 40.4 Å². The molecule has 1 atom stereocenters. The number of nitrogens with one attached hydrogen (secondary N) is 2. The third kappa shape index (κ3) is 3.90. The van der Waals surface area contributed by atoms with Crippen molar-refractivity contribution in [3.63, 3.8) is 0 Å². The van der Waals surface area contributed by atoms with Crippen molar-refractivity contribution in [2.75, 3.05) is 25.3 Å². The number of anilines is 1. The zero-order chi connectivity index (χ0) is 18.8. The monoisotopic (exact) mass is 434 g/mol. The Bertz CT molecular complexity index is 873. The number of ether oxygens (including phenoxy) is 4. The molecule has 0 aliphatic carbocycles. The molecular weight excluding hydrogens is 416 g/mol. The van der Waals surface area contributed by atoms with Gasteiger partial charge in [-0.3, -0.25) is 4.79 Å². The first-order valence-electron chi connectivity index (χ1n) is 8.62. The van der Waals surface area contributed by atoms with Crippen LogP contribution in [-0.4, -0.2) is 32.0 Å². The van der Waals surface area contributed by atoms with Crippen LogP contribution in [0.3, 0.4) is 0 Å². The lowest BCUT2D eigenvalue weighted by Gasteiger charge is -2.22. The van der Waals surface area contributed by atoms with Gasteiger partial charge in [0, 0.05) is 23.2 Å². The minimum atomic E-state index is -0.433. The zero-order valence-electron chi connectivity index (χ0n) is 14.7. The van der Waals surface area contributed by atoms with E-state index in [1.54, 1.807) is 6.92 Å². The highest BCUT2D eigenvalue weighted by Gasteiger charge is 2.19. The summed E-state index contributed by atoms with van der Waals surface area (Å²) in [7, 11) is 0. The van der Waals surface area contributed by atoms with E-state index >= 15 is 0 Å². The molecule has 2 heterocycles. The van der Waals surface area contributed by atoms with E-state index in [4.69, 9.17) is 18.9 Å². The third-order valence-electron chi connectivity index (χ3n) is 4.30. The zero-order valence-corrected chi connectivity index (χ0v) is 16.3. The first kappa shape index (κ1) is 17.8. The molecule has 0 fully saturated rings. The first-order chi connectivity index (χ1) is 13.1. The van der Waals surface area contributed by atoms with Gasteiger partial charge in [0.05, 0.1) is 5.69 Å². The molecule has 8 heteroatoms. The molecule has 4 rings (SSSR count). The molecule has 0 saturated carbocycles. The fourth-order valence-electron chi connectivity index (χ4n) is 2.87. The Morgan fingerprint density at radius 3 is 2.56 bits per heavy atom. The van der Waals surface area contributed by atoms with Crippen LogP contribution in [0.1, 0.15) is 12.5 Å². The van der Waals surface area contributed by atoms with Gasteiger partial charge in [-0.1, -0.05) is 6.07 Å². The fourth-order valence-corrected chi connectivity index (χ4v) is 3.30. The van der Waals surface area contributed by atoms with Crippen LogP contribution in [0.25, 0.3) is 0 Å². The van der Waals surface area contributed by atoms with Crippen LogP contribution in [0.5, 0.6) is 23.0 Å². The van der Waals surface area contributed by atoms with Crippen molar-refractivity contribution in [2.45, 2.75) is 19.5 Å². The Balaban J connectivity index is 1.37. The normalized spacial score (nSPS) is 15.2. The second-order valence-corrected chi connectivity index (χ2v) is 7.10. The largest absolute Gasteiger partial charge is 0.486 e. The van der Waals surface area contributed by atoms with Crippen LogP contribution < -0.4 is 29.6 Å². The second kappa shape index (κ2) is 7.56. The van der Waals surface area contributed by atoms with Gasteiger partial charge < -0.3 is 29.6 Å². The number of carbonyl (C=O) groups excluding carboxylic acids is 1. The van der Waals surface area contributed by atoms with Crippen molar-refractivity contribution in [3.8, 4) is 23.0 Å². The first-order valence-corrected chi connectivity index (χ1v) is 9.41. The molecule has 0 saturated heterocycles. The average Bonchev–Trinajstić information content (AvgIpc) is 3.14. The SMILES string of the molecule is CC(Nc1cc2c(cc1Br)OCCO2)C(=O)NCc1ccc2c(c1)OCO2. The predicted molar refractivity (Wildman–Crippen MR) is 103 cm³/mol. The van der Waals surface area contributed by atoms with Crippen LogP contribution in [-0.2, 0) is 11.3 Å². The molecule has 7 nitrogen and oxygen atoms in total. The fraction of sp³-hybridized carbons (Fsp3) is 0.316. The molecule has 1 unspecified atom stereocenters. The number of rotatable bonds is 5. The van der Waals surface area contributed by atoms with E-state index in [-0.39, 0.29) is 12.7 Å². The molecule has 2 aliphatic heterocycles. The Morgan fingerprint density at radius 2 is 1.74 bits per heavy atom. The maximum Gasteiger partial charge on any atom is 0.242 e. The summed E-state index contributed by atoms with van der Waals surface area (Å²) < 4.78 is 22.6. The van der Waals surface area contributed by atoms with Gasteiger partial charge in [0.15, 0.2) is 23.0 Å². The summed E-state index contributed by atoms with van der Waals surface area (Å²) in [4.78, 5) is 12.5. The van der Waals surface area contributed by atoms with E-state index in [2.05, 4.69) is 26.6 Å². The molecular formula is C19H19BrN2O5. The second-order valence-electron chi connectivity index (χ2n) is 6.25. The summed E-state index contributed by atoms with van der Waals surface area (Å²) >= 11 is 3.50. The molecule has 1 amide bonds. The van der Waals surface area contributed by atoms with Gasteiger partial charge >= 0.3 is 0 Å². The molecule has 27 heavy (non-hydrogen) atoms. The lowest BCUT2D eigenvalue weighted by atomic mass is 10.2. The standard InChI is InChI=1S/C19H19BrN2O5/c1-11(22-14-8-18-17(7-13(14)20)24-4-5-25-18)19(23)21-9-12-2-3-15-16(6-12)27-10-26-15/h2-3,6-8,11,22H,4-5,9-10H2,1H3,(H,21,23). The van der Waals surface area contributed by atoms with Crippen LogP contribution in [0.2, 0.25) is 0 Å².